The van der Waals surface area contributed by atoms with Crippen LogP contribution in [-0.4, -0.2) is 38.3 Å². The average molecular weight is 408 g/mol. The third-order valence-corrected chi connectivity index (χ3v) is 4.42. The van der Waals surface area contributed by atoms with E-state index in [1.165, 1.54) is 0 Å². The summed E-state index contributed by atoms with van der Waals surface area (Å²) >= 11 is 0. The number of hydrogen-bond donors (Lipinski definition) is 3. The number of amides is 1. The summed E-state index contributed by atoms with van der Waals surface area (Å²) in [6.45, 7) is 4.27. The molecule has 9 heteroatoms. The molecule has 9 nitrogen and oxygen atoms in total. The van der Waals surface area contributed by atoms with Gasteiger partial charge in [0.2, 0.25) is 0 Å². The zero-order valence-corrected chi connectivity index (χ0v) is 16.8. The lowest BCUT2D eigenvalue weighted by molar-refractivity contribution is -0.133. The Kier molecular flexibility index (Phi) is 6.76. The van der Waals surface area contributed by atoms with Gasteiger partial charge in [-0.05, 0) is 31.5 Å². The summed E-state index contributed by atoms with van der Waals surface area (Å²) in [6.07, 6.45) is -0.921. The molecule has 3 rings (SSSR count). The van der Waals surface area contributed by atoms with Crippen molar-refractivity contribution in [1.29, 1.82) is 0 Å². The van der Waals surface area contributed by atoms with Gasteiger partial charge in [-0.25, -0.2) is 9.67 Å². The molecule has 1 heterocycles. The van der Waals surface area contributed by atoms with E-state index in [0.717, 1.165) is 11.3 Å². The molecule has 4 N–H and O–H groups in total. The van der Waals surface area contributed by atoms with Gasteiger partial charge in [-0.15, -0.1) is 5.10 Å². The molecule has 3 aromatic rings. The van der Waals surface area contributed by atoms with Crippen LogP contribution in [0.1, 0.15) is 35.8 Å². The molecule has 0 aliphatic heterocycles. The smallest absolute Gasteiger partial charge is 0.257 e. The number of amidine groups is 1. The van der Waals surface area contributed by atoms with E-state index >= 15 is 0 Å². The molecule has 1 atom stereocenters. The maximum atomic E-state index is 12.8. The van der Waals surface area contributed by atoms with Gasteiger partial charge in [-0.2, -0.15) is 0 Å². The second-order valence-electron chi connectivity index (χ2n) is 6.50. The number of nitrogens with one attached hydrogen (secondary N) is 1. The number of aromatic nitrogens is 3. The monoisotopic (exact) mass is 408 g/mol. The van der Waals surface area contributed by atoms with Gasteiger partial charge in [0.05, 0.1) is 5.69 Å². The molecule has 0 fully saturated rings. The van der Waals surface area contributed by atoms with Crippen molar-refractivity contribution in [3.05, 3.63) is 77.4 Å². The summed E-state index contributed by atoms with van der Waals surface area (Å²) in [6, 6.07) is 16.6. The fraction of sp³-hybridized carbons (Fsp3) is 0.238. The van der Waals surface area contributed by atoms with Crippen LogP contribution in [0.25, 0.3) is 5.69 Å². The van der Waals surface area contributed by atoms with Crippen molar-refractivity contribution in [2.45, 2.75) is 26.5 Å². The van der Waals surface area contributed by atoms with Crippen LogP contribution in [0, 0.1) is 6.92 Å². The highest BCUT2D eigenvalue weighted by molar-refractivity contribution is 5.96. The Balaban J connectivity index is 1.72. The largest absolute Gasteiger partial charge is 0.409 e. The van der Waals surface area contributed by atoms with Crippen LogP contribution in [-0.2, 0) is 16.1 Å². The van der Waals surface area contributed by atoms with Crippen LogP contribution in [0.5, 0.6) is 0 Å². The van der Waals surface area contributed by atoms with Crippen molar-refractivity contribution in [2.75, 3.05) is 6.61 Å². The molecule has 0 saturated carbocycles. The number of carbonyl (C=O) groups excluding carboxylic acids is 1. The summed E-state index contributed by atoms with van der Waals surface area (Å²) < 4.78 is 7.32. The van der Waals surface area contributed by atoms with Gasteiger partial charge < -0.3 is 21.0 Å². The van der Waals surface area contributed by atoms with E-state index in [0.29, 0.717) is 23.8 Å². The minimum absolute atomic E-state index is 0.0254. The van der Waals surface area contributed by atoms with E-state index in [-0.39, 0.29) is 18.3 Å². The molecule has 1 unspecified atom stereocenters. The number of nitrogens with two attached hydrogens (primary N) is 1. The maximum Gasteiger partial charge on any atom is 0.257 e. The first kappa shape index (κ1) is 21.0. The van der Waals surface area contributed by atoms with Crippen molar-refractivity contribution in [3.8, 4) is 5.69 Å². The van der Waals surface area contributed by atoms with Gasteiger partial charge in [-0.3, -0.25) is 4.79 Å². The molecule has 0 saturated heterocycles. The van der Waals surface area contributed by atoms with Crippen LogP contribution >= 0.6 is 0 Å². The first-order chi connectivity index (χ1) is 14.5. The molecule has 1 aromatic heterocycles. The highest BCUT2D eigenvalue weighted by atomic mass is 16.5. The second-order valence-corrected chi connectivity index (χ2v) is 6.50. The third-order valence-electron chi connectivity index (χ3n) is 4.42. The number of rotatable bonds is 8. The number of benzene rings is 2. The predicted octanol–water partition coefficient (Wildman–Crippen LogP) is 2.06. The Hall–Kier alpha value is -3.72. The molecule has 2 aromatic carbocycles. The number of para-hydroxylation sites is 1. The molecule has 0 radical (unpaired) electrons. The third kappa shape index (κ3) is 4.81. The fourth-order valence-electron chi connectivity index (χ4n) is 2.90. The Bertz CT molecular complexity index is 1010. The van der Waals surface area contributed by atoms with Crippen molar-refractivity contribution in [3.63, 3.8) is 0 Å². The van der Waals surface area contributed by atoms with Gasteiger partial charge in [0, 0.05) is 18.7 Å². The number of aryl methyl sites for hydroxylation is 1. The summed E-state index contributed by atoms with van der Waals surface area (Å²) in [5.41, 5.74) is 7.86. The maximum absolute atomic E-state index is 12.8. The standard InChI is InChI=1S/C21H24N6O3/c1-3-30-18(20-24-14(2)27(25-20)17-7-5-4-6-8-17)21(28)23-13-15-9-11-16(12-10-15)19(22)26-29/h4-12,18,29H,3,13H2,1-2H3,(H2,22,26)(H,23,28). The van der Waals surface area contributed by atoms with E-state index in [1.807, 2.05) is 44.2 Å². The lowest BCUT2D eigenvalue weighted by Gasteiger charge is -2.14. The molecule has 0 spiro atoms. The number of ether oxygens (including phenoxy) is 1. The van der Waals surface area contributed by atoms with E-state index in [9.17, 15) is 4.79 Å². The van der Waals surface area contributed by atoms with Gasteiger partial charge in [-0.1, -0.05) is 47.6 Å². The number of carbonyl (C=O) groups is 1. The van der Waals surface area contributed by atoms with Crippen LogP contribution < -0.4 is 11.1 Å². The van der Waals surface area contributed by atoms with Gasteiger partial charge in [0.1, 0.15) is 5.82 Å². The molecule has 0 aliphatic carbocycles. The highest BCUT2D eigenvalue weighted by Gasteiger charge is 2.26. The average Bonchev–Trinajstić information content (AvgIpc) is 3.17. The van der Waals surface area contributed by atoms with Crippen molar-refractivity contribution in [1.82, 2.24) is 20.1 Å². The molecular weight excluding hydrogens is 384 g/mol. The molecule has 0 bridgehead atoms. The molecule has 156 valence electrons. The minimum Gasteiger partial charge on any atom is -0.409 e. The molecule has 30 heavy (non-hydrogen) atoms. The Morgan fingerprint density at radius 3 is 2.57 bits per heavy atom. The quantitative estimate of drug-likeness (QED) is 0.227. The van der Waals surface area contributed by atoms with Gasteiger partial charge >= 0.3 is 0 Å². The van der Waals surface area contributed by atoms with Crippen LogP contribution in [0.4, 0.5) is 0 Å². The SMILES string of the molecule is CCOC(C(=O)NCc1ccc(/C(N)=N\O)cc1)c1nc(C)n(-c2ccccc2)n1. The van der Waals surface area contributed by atoms with Gasteiger partial charge in [0.25, 0.3) is 5.91 Å². The summed E-state index contributed by atoms with van der Waals surface area (Å²) in [7, 11) is 0. The predicted molar refractivity (Wildman–Crippen MR) is 111 cm³/mol. The van der Waals surface area contributed by atoms with E-state index in [1.54, 1.807) is 28.9 Å². The van der Waals surface area contributed by atoms with E-state index in [2.05, 4.69) is 20.6 Å². The normalized spacial score (nSPS) is 12.5. The first-order valence-corrected chi connectivity index (χ1v) is 9.48. The second kappa shape index (κ2) is 9.66. The van der Waals surface area contributed by atoms with Crippen LogP contribution in [0.2, 0.25) is 0 Å². The lowest BCUT2D eigenvalue weighted by Crippen LogP contribution is -2.31. The van der Waals surface area contributed by atoms with E-state index < -0.39 is 6.10 Å². The zero-order chi connectivity index (χ0) is 21.5. The Morgan fingerprint density at radius 1 is 1.23 bits per heavy atom. The first-order valence-electron chi connectivity index (χ1n) is 9.48. The summed E-state index contributed by atoms with van der Waals surface area (Å²) in [4.78, 5) is 17.2. The van der Waals surface area contributed by atoms with E-state index in [4.69, 9.17) is 15.7 Å². The minimum atomic E-state index is -0.921. The van der Waals surface area contributed by atoms with Crippen molar-refractivity contribution in [2.24, 2.45) is 10.9 Å². The molecular formula is C21H24N6O3. The molecule has 0 aliphatic rings. The van der Waals surface area contributed by atoms with Crippen molar-refractivity contribution >= 4 is 11.7 Å². The topological polar surface area (TPSA) is 128 Å². The van der Waals surface area contributed by atoms with Crippen LogP contribution in [0.15, 0.2) is 59.8 Å². The number of nitrogens with zero attached hydrogens (tertiary/aromatic N) is 4. The zero-order valence-electron chi connectivity index (χ0n) is 16.8. The van der Waals surface area contributed by atoms with Crippen molar-refractivity contribution < 1.29 is 14.7 Å². The molecule has 1 amide bonds. The van der Waals surface area contributed by atoms with Crippen LogP contribution in [0.3, 0.4) is 0 Å². The lowest BCUT2D eigenvalue weighted by atomic mass is 10.1. The Labute approximate surface area is 174 Å². The van der Waals surface area contributed by atoms with Gasteiger partial charge in [0.15, 0.2) is 17.8 Å². The Morgan fingerprint density at radius 2 is 1.93 bits per heavy atom. The fourth-order valence-corrected chi connectivity index (χ4v) is 2.90. The summed E-state index contributed by atoms with van der Waals surface area (Å²) in [5, 5.41) is 19.0. The highest BCUT2D eigenvalue weighted by Crippen LogP contribution is 2.17. The number of oxime groups is 1. The number of hydrogen-bond acceptors (Lipinski definition) is 6. The summed E-state index contributed by atoms with van der Waals surface area (Å²) in [5.74, 6) is 0.658.